The van der Waals surface area contributed by atoms with Gasteiger partial charge in [-0.3, -0.25) is 4.79 Å². The largest absolute Gasteiger partial charge is 0.483 e. The number of benzene rings is 1. The maximum absolute atomic E-state index is 14.3. The van der Waals surface area contributed by atoms with Crippen LogP contribution in [0, 0.1) is 47.1 Å². The number of rotatable bonds is 8. The van der Waals surface area contributed by atoms with E-state index in [2.05, 4.69) is 13.5 Å². The summed E-state index contributed by atoms with van der Waals surface area (Å²) in [6.07, 6.45) is 16.1. The first-order valence-corrected chi connectivity index (χ1v) is 13.4. The summed E-state index contributed by atoms with van der Waals surface area (Å²) in [7, 11) is 0. The first-order valence-electron chi connectivity index (χ1n) is 13.4. The van der Waals surface area contributed by atoms with Crippen molar-refractivity contribution in [1.29, 1.82) is 0 Å². The lowest BCUT2D eigenvalue weighted by atomic mass is 9.59. The number of esters is 1. The van der Waals surface area contributed by atoms with Gasteiger partial charge in [0.15, 0.2) is 17.4 Å². The van der Waals surface area contributed by atoms with E-state index in [1.54, 1.807) is 0 Å². The lowest BCUT2D eigenvalue weighted by molar-refractivity contribution is -0.144. The number of carbonyl (C=O) groups is 1. The summed E-state index contributed by atoms with van der Waals surface area (Å²) in [6, 6.07) is 2.07. The van der Waals surface area contributed by atoms with Gasteiger partial charge < -0.3 is 9.47 Å². The molecule has 5 heteroatoms. The van der Waals surface area contributed by atoms with E-state index in [1.165, 1.54) is 63.9 Å². The molecule has 0 N–H and O–H groups in total. The van der Waals surface area contributed by atoms with E-state index >= 15 is 0 Å². The highest BCUT2D eigenvalue weighted by Crippen LogP contribution is 2.50. The number of fused-ring (bicyclic) bond motifs is 1. The molecule has 3 saturated carbocycles. The highest BCUT2D eigenvalue weighted by molar-refractivity contribution is 5.75. The van der Waals surface area contributed by atoms with E-state index in [0.717, 1.165) is 49.1 Å². The minimum Gasteiger partial charge on any atom is -0.483 e. The fraction of sp³-hybridized carbons (Fsp3) is 0.690. The second-order valence-corrected chi connectivity index (χ2v) is 10.8. The number of hydrogen-bond donors (Lipinski definition) is 0. The maximum Gasteiger partial charge on any atom is 0.314 e. The Morgan fingerprint density at radius 1 is 1.00 bits per heavy atom. The Kier molecular flexibility index (Phi) is 8.65. The molecule has 0 aromatic heterocycles. The van der Waals surface area contributed by atoms with E-state index in [9.17, 15) is 13.6 Å². The molecule has 1 aromatic rings. The quantitative estimate of drug-likeness (QED) is 0.218. The Labute approximate surface area is 203 Å². The van der Waals surface area contributed by atoms with Crippen LogP contribution in [0.1, 0.15) is 84.0 Å². The predicted octanol–water partition coefficient (Wildman–Crippen LogP) is 7.87. The van der Waals surface area contributed by atoms with E-state index in [1.807, 2.05) is 0 Å². The molecule has 0 aliphatic heterocycles. The van der Waals surface area contributed by atoms with Crippen LogP contribution in [0.15, 0.2) is 24.8 Å². The van der Waals surface area contributed by atoms with Crippen molar-refractivity contribution in [2.24, 2.45) is 35.5 Å². The number of halogens is 2. The van der Waals surface area contributed by atoms with Crippen LogP contribution in [0.3, 0.4) is 0 Å². The fourth-order valence-electron chi connectivity index (χ4n) is 7.14. The van der Waals surface area contributed by atoms with Gasteiger partial charge in [0.05, 0.1) is 5.92 Å². The highest BCUT2D eigenvalue weighted by atomic mass is 19.1. The molecule has 3 nitrogen and oxygen atoms in total. The van der Waals surface area contributed by atoms with Crippen molar-refractivity contribution in [2.75, 3.05) is 6.61 Å². The smallest absolute Gasteiger partial charge is 0.314 e. The molecule has 0 amide bonds. The number of ether oxygens (including phenoxy) is 2. The summed E-state index contributed by atoms with van der Waals surface area (Å²) in [6.45, 7) is 5.77. The Bertz CT molecular complexity index is 823. The molecule has 3 aliphatic carbocycles. The summed E-state index contributed by atoms with van der Waals surface area (Å²) in [5.74, 6) is 0.656. The molecule has 3 fully saturated rings. The van der Waals surface area contributed by atoms with Gasteiger partial charge in [-0.2, -0.15) is 0 Å². The normalized spacial score (nSPS) is 31.4. The molecule has 188 valence electrons. The van der Waals surface area contributed by atoms with E-state index in [4.69, 9.17) is 9.47 Å². The molecule has 0 bridgehead atoms. The SMILES string of the molecule is C=CCOc1c(F)cc(OC(=O)C2CCCC3CC(C4CCC(CCC)CC4)CCC32)cc1F. The van der Waals surface area contributed by atoms with Crippen molar-refractivity contribution >= 4 is 5.97 Å². The third-order valence-electron chi connectivity index (χ3n) is 8.78. The Balaban J connectivity index is 1.34. The zero-order valence-electron chi connectivity index (χ0n) is 20.6. The molecule has 34 heavy (non-hydrogen) atoms. The van der Waals surface area contributed by atoms with Crippen LogP contribution in [0.5, 0.6) is 11.5 Å². The van der Waals surface area contributed by atoms with Crippen LogP contribution in [0.25, 0.3) is 0 Å². The fourth-order valence-corrected chi connectivity index (χ4v) is 7.14. The Morgan fingerprint density at radius 2 is 1.71 bits per heavy atom. The highest BCUT2D eigenvalue weighted by Gasteiger charge is 2.43. The van der Waals surface area contributed by atoms with Crippen LogP contribution < -0.4 is 9.47 Å². The lowest BCUT2D eigenvalue weighted by Gasteiger charge is -2.46. The molecule has 0 saturated heterocycles. The van der Waals surface area contributed by atoms with Gasteiger partial charge in [-0.05, 0) is 68.1 Å². The number of hydrogen-bond acceptors (Lipinski definition) is 3. The van der Waals surface area contributed by atoms with Crippen molar-refractivity contribution in [2.45, 2.75) is 84.0 Å². The van der Waals surface area contributed by atoms with Gasteiger partial charge in [0.1, 0.15) is 12.4 Å². The zero-order valence-corrected chi connectivity index (χ0v) is 20.6. The van der Waals surface area contributed by atoms with Crippen molar-refractivity contribution in [1.82, 2.24) is 0 Å². The Morgan fingerprint density at radius 3 is 2.38 bits per heavy atom. The van der Waals surface area contributed by atoms with Crippen LogP contribution in [0.4, 0.5) is 8.78 Å². The second kappa shape index (κ2) is 11.7. The summed E-state index contributed by atoms with van der Waals surface area (Å²) in [5, 5.41) is 0. The zero-order chi connectivity index (χ0) is 24.1. The van der Waals surface area contributed by atoms with Crippen molar-refractivity contribution in [3.05, 3.63) is 36.4 Å². The first kappa shape index (κ1) is 25.2. The van der Waals surface area contributed by atoms with Gasteiger partial charge in [0.2, 0.25) is 0 Å². The van der Waals surface area contributed by atoms with E-state index in [-0.39, 0.29) is 24.2 Å². The molecule has 0 heterocycles. The molecule has 4 rings (SSSR count). The van der Waals surface area contributed by atoms with Gasteiger partial charge in [-0.1, -0.05) is 58.1 Å². The van der Waals surface area contributed by atoms with Crippen molar-refractivity contribution in [3.63, 3.8) is 0 Å². The molecule has 3 aliphatic rings. The van der Waals surface area contributed by atoms with Crippen molar-refractivity contribution in [3.8, 4) is 11.5 Å². The van der Waals surface area contributed by atoms with Gasteiger partial charge in [-0.25, -0.2) is 8.78 Å². The van der Waals surface area contributed by atoms with E-state index in [0.29, 0.717) is 11.8 Å². The molecule has 4 unspecified atom stereocenters. The average molecular weight is 475 g/mol. The standard InChI is InChI=1S/C29H40F2O3/c1-3-6-19-9-11-20(12-10-19)21-13-14-24-22(16-21)7-5-8-25(24)29(32)34-23-17-26(30)28(27(31)18-23)33-15-4-2/h4,17-22,24-25H,2-3,5-16H2,1H3. The predicted molar refractivity (Wildman–Crippen MR) is 130 cm³/mol. The lowest BCUT2D eigenvalue weighted by Crippen LogP contribution is -2.40. The molecule has 0 spiro atoms. The van der Waals surface area contributed by atoms with Crippen LogP contribution in [0.2, 0.25) is 0 Å². The minimum absolute atomic E-state index is 0.000705. The first-order chi connectivity index (χ1) is 16.5. The monoisotopic (exact) mass is 474 g/mol. The number of carbonyl (C=O) groups excluding carboxylic acids is 1. The van der Waals surface area contributed by atoms with Crippen LogP contribution in [-0.4, -0.2) is 12.6 Å². The van der Waals surface area contributed by atoms with Crippen LogP contribution in [-0.2, 0) is 4.79 Å². The van der Waals surface area contributed by atoms with Crippen molar-refractivity contribution < 1.29 is 23.0 Å². The topological polar surface area (TPSA) is 35.5 Å². The summed E-state index contributed by atoms with van der Waals surface area (Å²) < 4.78 is 39.1. The summed E-state index contributed by atoms with van der Waals surface area (Å²) >= 11 is 0. The molecular weight excluding hydrogens is 434 g/mol. The summed E-state index contributed by atoms with van der Waals surface area (Å²) in [5.41, 5.74) is 0. The Hall–Kier alpha value is -1.91. The van der Waals surface area contributed by atoms with Gasteiger partial charge in [0, 0.05) is 12.1 Å². The molecule has 4 atom stereocenters. The molecular formula is C29H40F2O3. The van der Waals surface area contributed by atoms with Crippen LogP contribution >= 0.6 is 0 Å². The summed E-state index contributed by atoms with van der Waals surface area (Å²) in [4.78, 5) is 13.1. The maximum atomic E-state index is 14.3. The minimum atomic E-state index is -0.875. The average Bonchev–Trinajstić information content (AvgIpc) is 2.83. The molecule has 0 radical (unpaired) electrons. The third kappa shape index (κ3) is 5.83. The van der Waals surface area contributed by atoms with Gasteiger partial charge in [0.25, 0.3) is 0 Å². The van der Waals surface area contributed by atoms with E-state index < -0.39 is 17.4 Å². The third-order valence-corrected chi connectivity index (χ3v) is 8.78. The second-order valence-electron chi connectivity index (χ2n) is 10.8. The molecule has 1 aromatic carbocycles. The van der Waals surface area contributed by atoms with Gasteiger partial charge >= 0.3 is 5.97 Å². The van der Waals surface area contributed by atoms with Gasteiger partial charge in [-0.15, -0.1) is 0 Å².